The van der Waals surface area contributed by atoms with Crippen LogP contribution in [0.2, 0.25) is 0 Å². The van der Waals surface area contributed by atoms with E-state index < -0.39 is 41.9 Å². The number of aromatic nitrogens is 1. The second-order valence-corrected chi connectivity index (χ2v) is 15.7. The fourth-order valence-corrected chi connectivity index (χ4v) is 8.09. The Bertz CT molecular complexity index is 1950. The van der Waals surface area contributed by atoms with Crippen molar-refractivity contribution in [2.45, 2.75) is 102 Å². The highest BCUT2D eigenvalue weighted by Gasteiger charge is 2.44. The number of esters is 1. The molecule has 1 aromatic heterocycles. The molecule has 2 aliphatic heterocycles. The third kappa shape index (κ3) is 12.8. The smallest absolute Gasteiger partial charge is 0.408 e. The summed E-state index contributed by atoms with van der Waals surface area (Å²) in [6, 6.07) is 23.8. The van der Waals surface area contributed by atoms with Gasteiger partial charge in [0, 0.05) is 25.2 Å². The van der Waals surface area contributed by atoms with E-state index in [2.05, 4.69) is 15.6 Å². The average molecular weight is 808 g/mol. The Morgan fingerprint density at radius 3 is 2.32 bits per heavy atom. The molecular formula is C46H57N5O8. The zero-order valence-corrected chi connectivity index (χ0v) is 33.7. The molecule has 6 rings (SSSR count). The maximum atomic E-state index is 14.7. The van der Waals surface area contributed by atoms with Crippen LogP contribution >= 0.6 is 0 Å². The molecule has 0 bridgehead atoms. The minimum Gasteiger partial charge on any atom is -0.460 e. The maximum absolute atomic E-state index is 14.7. The van der Waals surface area contributed by atoms with E-state index in [1.165, 1.54) is 4.90 Å². The fraction of sp³-hybridized carbons (Fsp3) is 0.478. The van der Waals surface area contributed by atoms with Crippen LogP contribution in [0.25, 0.3) is 11.1 Å². The Morgan fingerprint density at radius 2 is 1.59 bits per heavy atom. The second kappa shape index (κ2) is 22.1. The number of nitrogens with one attached hydrogen (secondary N) is 2. The van der Waals surface area contributed by atoms with Crippen LogP contribution in [0.5, 0.6) is 0 Å². The highest BCUT2D eigenvalue weighted by molar-refractivity contribution is 6.00. The summed E-state index contributed by atoms with van der Waals surface area (Å²) in [6.45, 7) is 2.37. The molecule has 2 aliphatic rings. The number of ketones is 2. The molecule has 0 spiro atoms. The van der Waals surface area contributed by atoms with Crippen LogP contribution in [0.4, 0.5) is 4.79 Å². The SMILES string of the molecule is NCCCC[C@H](CC(=O)[C@@H]1C[C@@H](OC(=O)CCCC2CCNCC2)CN1C(=O)[C@@H](CCc1ccccc1)NC(=O)OCc1ccccc1)C(=O)c1nc2ccccc2o1. The van der Waals surface area contributed by atoms with E-state index in [0.717, 1.165) is 43.5 Å². The lowest BCUT2D eigenvalue weighted by atomic mass is 9.89. The van der Waals surface area contributed by atoms with Gasteiger partial charge in [0.1, 0.15) is 24.3 Å². The van der Waals surface area contributed by atoms with Crippen LogP contribution in [-0.2, 0) is 36.9 Å². The summed E-state index contributed by atoms with van der Waals surface area (Å²) in [5, 5.41) is 6.14. The molecule has 4 atom stereocenters. The number of nitrogens with two attached hydrogens (primary N) is 1. The molecule has 314 valence electrons. The molecule has 0 unspecified atom stereocenters. The first kappa shape index (κ1) is 43.2. The first-order chi connectivity index (χ1) is 28.8. The lowest BCUT2D eigenvalue weighted by molar-refractivity contribution is -0.149. The van der Waals surface area contributed by atoms with Gasteiger partial charge in [-0.1, -0.05) is 79.2 Å². The van der Waals surface area contributed by atoms with E-state index in [0.29, 0.717) is 55.7 Å². The number of nitrogens with zero attached hydrogens (tertiary/aromatic N) is 2. The topological polar surface area (TPSA) is 183 Å². The number of hydrogen-bond donors (Lipinski definition) is 3. The molecule has 2 saturated heterocycles. The monoisotopic (exact) mass is 807 g/mol. The Labute approximate surface area is 345 Å². The summed E-state index contributed by atoms with van der Waals surface area (Å²) in [7, 11) is 0. The van der Waals surface area contributed by atoms with Gasteiger partial charge in [0.15, 0.2) is 11.4 Å². The van der Waals surface area contributed by atoms with Gasteiger partial charge in [-0.15, -0.1) is 0 Å². The van der Waals surface area contributed by atoms with Crippen molar-refractivity contribution in [1.82, 2.24) is 20.5 Å². The molecule has 3 aromatic carbocycles. The number of oxazole rings is 1. The van der Waals surface area contributed by atoms with Crippen molar-refractivity contribution < 1.29 is 37.9 Å². The summed E-state index contributed by atoms with van der Waals surface area (Å²) in [5.41, 5.74) is 8.54. The summed E-state index contributed by atoms with van der Waals surface area (Å²) in [5.74, 6) is -1.91. The van der Waals surface area contributed by atoms with Crippen molar-refractivity contribution in [3.8, 4) is 0 Å². The number of ether oxygens (including phenoxy) is 2. The van der Waals surface area contributed by atoms with E-state index in [1.807, 2.05) is 60.7 Å². The Hall–Kier alpha value is -5.40. The first-order valence-corrected chi connectivity index (χ1v) is 21.1. The van der Waals surface area contributed by atoms with E-state index in [4.69, 9.17) is 19.6 Å². The van der Waals surface area contributed by atoms with Crippen LogP contribution in [0.15, 0.2) is 89.3 Å². The van der Waals surface area contributed by atoms with E-state index in [1.54, 1.807) is 24.3 Å². The normalized spacial score (nSPS) is 17.9. The van der Waals surface area contributed by atoms with E-state index >= 15 is 0 Å². The lowest BCUT2D eigenvalue weighted by Gasteiger charge is -2.29. The van der Waals surface area contributed by atoms with Crippen molar-refractivity contribution >= 4 is 40.6 Å². The number of fused-ring (bicyclic) bond motifs is 1. The number of hydrogen-bond acceptors (Lipinski definition) is 11. The van der Waals surface area contributed by atoms with Crippen LogP contribution in [0, 0.1) is 11.8 Å². The molecule has 59 heavy (non-hydrogen) atoms. The van der Waals surface area contributed by atoms with E-state index in [-0.39, 0.29) is 56.5 Å². The highest BCUT2D eigenvalue weighted by atomic mass is 16.6. The number of benzene rings is 3. The summed E-state index contributed by atoms with van der Waals surface area (Å²) < 4.78 is 17.3. The van der Waals surface area contributed by atoms with Crippen LogP contribution in [0.3, 0.4) is 0 Å². The van der Waals surface area contributed by atoms with E-state index in [9.17, 15) is 24.0 Å². The van der Waals surface area contributed by atoms with Gasteiger partial charge in [-0.05, 0) is 100 Å². The summed E-state index contributed by atoms with van der Waals surface area (Å²) >= 11 is 0. The third-order valence-corrected chi connectivity index (χ3v) is 11.4. The molecular weight excluding hydrogens is 751 g/mol. The molecule has 2 amide bonds. The minimum atomic E-state index is -1.06. The van der Waals surface area contributed by atoms with Crippen molar-refractivity contribution in [3.63, 3.8) is 0 Å². The van der Waals surface area contributed by atoms with Crippen LogP contribution in [0.1, 0.15) is 92.4 Å². The molecule has 0 aliphatic carbocycles. The minimum absolute atomic E-state index is 0.00637. The van der Waals surface area contributed by atoms with Crippen molar-refractivity contribution in [2.24, 2.45) is 17.6 Å². The highest BCUT2D eigenvalue weighted by Crippen LogP contribution is 2.29. The second-order valence-electron chi connectivity index (χ2n) is 15.7. The third-order valence-electron chi connectivity index (χ3n) is 11.4. The van der Waals surface area contributed by atoms with Crippen molar-refractivity contribution in [2.75, 3.05) is 26.2 Å². The van der Waals surface area contributed by atoms with Gasteiger partial charge >= 0.3 is 12.1 Å². The lowest BCUT2D eigenvalue weighted by Crippen LogP contribution is -2.52. The number of carbonyl (C=O) groups excluding carboxylic acids is 5. The molecule has 0 saturated carbocycles. The molecule has 13 nitrogen and oxygen atoms in total. The number of unbranched alkanes of at least 4 members (excludes halogenated alkanes) is 1. The maximum Gasteiger partial charge on any atom is 0.408 e. The van der Waals surface area contributed by atoms with Crippen molar-refractivity contribution in [3.05, 3.63) is 102 Å². The molecule has 2 fully saturated rings. The summed E-state index contributed by atoms with van der Waals surface area (Å²) in [4.78, 5) is 75.4. The van der Waals surface area contributed by atoms with Gasteiger partial charge in [0.2, 0.25) is 11.7 Å². The molecule has 4 aromatic rings. The predicted molar refractivity (Wildman–Crippen MR) is 222 cm³/mol. The quantitative estimate of drug-likeness (QED) is 0.0486. The number of Topliss-reactive ketones (excluding diaryl/α,β-unsaturated/α-hetero) is 2. The Balaban J connectivity index is 1.20. The number of aryl methyl sites for hydroxylation is 1. The van der Waals surface area contributed by atoms with Gasteiger partial charge in [0.05, 0.1) is 12.6 Å². The van der Waals surface area contributed by atoms with Gasteiger partial charge in [-0.25, -0.2) is 9.78 Å². The van der Waals surface area contributed by atoms with Gasteiger partial charge in [-0.3, -0.25) is 19.2 Å². The largest absolute Gasteiger partial charge is 0.460 e. The predicted octanol–water partition coefficient (Wildman–Crippen LogP) is 6.33. The molecule has 3 heterocycles. The number of para-hydroxylation sites is 2. The first-order valence-electron chi connectivity index (χ1n) is 21.1. The fourth-order valence-electron chi connectivity index (χ4n) is 8.09. The molecule has 4 N–H and O–H groups in total. The number of likely N-dealkylation sites (tertiary alicyclic amines) is 1. The zero-order valence-electron chi connectivity index (χ0n) is 33.7. The Kier molecular flexibility index (Phi) is 16.2. The van der Waals surface area contributed by atoms with Crippen LogP contribution in [-0.4, -0.2) is 83.8 Å². The zero-order chi connectivity index (χ0) is 41.4. The number of alkyl carbamates (subject to hydrolysis) is 1. The number of carbonyl (C=O) groups is 5. The van der Waals surface area contributed by atoms with Crippen LogP contribution < -0.4 is 16.4 Å². The van der Waals surface area contributed by atoms with Gasteiger partial charge in [-0.2, -0.15) is 0 Å². The number of rotatable bonds is 21. The summed E-state index contributed by atoms with van der Waals surface area (Å²) in [6.07, 6.45) is 4.70. The number of amides is 2. The average Bonchev–Trinajstić information content (AvgIpc) is 3.90. The molecule has 13 heteroatoms. The Morgan fingerprint density at radius 1 is 0.881 bits per heavy atom. The number of piperidine rings is 1. The van der Waals surface area contributed by atoms with Gasteiger partial charge in [0.25, 0.3) is 5.89 Å². The van der Waals surface area contributed by atoms with Crippen molar-refractivity contribution in [1.29, 1.82) is 0 Å². The molecule has 0 radical (unpaired) electrons. The van der Waals surface area contributed by atoms with Gasteiger partial charge < -0.3 is 35.2 Å². The standard InChI is InChI=1S/C46H57N5O8/c47-25-10-9-17-35(43(54)44-49-37-18-7-8-19-41(37)59-44)28-40(52)39-29-36(58-42(53)20-11-16-33-23-26-48-27-24-33)30-51(39)45(55)38(22-21-32-12-3-1-4-13-32)50-46(56)57-31-34-14-5-2-6-15-34/h1-8,12-15,18-19,33,35-36,38-39,48H,9-11,16-17,20-31,47H2,(H,50,56)/t35-,36-,38-,39+/m1/s1.